The van der Waals surface area contributed by atoms with Crippen molar-refractivity contribution >= 4 is 0 Å². The molecule has 0 bridgehead atoms. The van der Waals surface area contributed by atoms with Gasteiger partial charge in [0.2, 0.25) is 0 Å². The van der Waals surface area contributed by atoms with Gasteiger partial charge in [-0.3, -0.25) is 0 Å². The highest BCUT2D eigenvalue weighted by Gasteiger charge is 2.37. The molecule has 0 aromatic carbocycles. The smallest absolute Gasteiger partial charge is 0.328 e. The molecule has 0 amide bonds. The molecule has 0 spiro atoms. The molecule has 84 valence electrons. The van der Waals surface area contributed by atoms with Crippen LogP contribution in [0, 0.1) is 0 Å². The van der Waals surface area contributed by atoms with Gasteiger partial charge in [0.1, 0.15) is 6.04 Å². The van der Waals surface area contributed by atoms with Crippen molar-refractivity contribution in [1.82, 2.24) is 5.32 Å². The summed E-state index contributed by atoms with van der Waals surface area (Å²) in [6, 6.07) is -1.26. The molecule has 0 aromatic heterocycles. The van der Waals surface area contributed by atoms with Gasteiger partial charge in [0.05, 0.1) is 0 Å². The van der Waals surface area contributed by atoms with Crippen molar-refractivity contribution in [2.45, 2.75) is 56.9 Å². The third-order valence-corrected chi connectivity index (χ3v) is 2.75. The van der Waals surface area contributed by atoms with Crippen LogP contribution in [0.2, 0.25) is 0 Å². The Bertz CT molecular complexity index is 173. The lowest BCUT2D eigenvalue weighted by atomic mass is 9.91. The molecule has 2 nitrogen and oxygen atoms in total. The number of halogens is 3. The summed E-state index contributed by atoms with van der Waals surface area (Å²) >= 11 is 0. The Balaban J connectivity index is 2.31. The molecule has 14 heavy (non-hydrogen) atoms. The Morgan fingerprint density at radius 1 is 1.21 bits per heavy atom. The highest BCUT2D eigenvalue weighted by molar-refractivity contribution is 4.82. The number of alkyl halides is 3. The fraction of sp³-hybridized carbons (Fsp3) is 1.00. The Morgan fingerprint density at radius 3 is 2.14 bits per heavy atom. The van der Waals surface area contributed by atoms with Crippen LogP contribution in [-0.2, 0) is 0 Å². The zero-order valence-electron chi connectivity index (χ0n) is 8.27. The van der Waals surface area contributed by atoms with E-state index in [9.17, 15) is 13.2 Å². The Morgan fingerprint density at radius 2 is 1.71 bits per heavy atom. The fourth-order valence-corrected chi connectivity index (χ4v) is 1.73. The summed E-state index contributed by atoms with van der Waals surface area (Å²) < 4.78 is 36.6. The number of nitrogens with one attached hydrogen (secondary N) is 1. The normalized spacial score (nSPS) is 31.5. The second kappa shape index (κ2) is 4.49. The molecule has 1 fully saturated rings. The van der Waals surface area contributed by atoms with Crippen molar-refractivity contribution in [2.75, 3.05) is 0 Å². The van der Waals surface area contributed by atoms with E-state index < -0.39 is 12.2 Å². The highest BCUT2D eigenvalue weighted by Crippen LogP contribution is 2.23. The molecule has 1 rings (SSSR count). The van der Waals surface area contributed by atoms with E-state index in [4.69, 9.17) is 5.73 Å². The van der Waals surface area contributed by atoms with Crippen molar-refractivity contribution in [1.29, 1.82) is 0 Å². The van der Waals surface area contributed by atoms with Crippen molar-refractivity contribution in [3.8, 4) is 0 Å². The van der Waals surface area contributed by atoms with E-state index in [1.165, 1.54) is 0 Å². The maximum absolute atomic E-state index is 12.2. The SMILES string of the molecule is C[C@@H](NC1CCC(N)CC1)C(F)(F)F. The quantitative estimate of drug-likeness (QED) is 0.729. The maximum atomic E-state index is 12.2. The van der Waals surface area contributed by atoms with Crippen molar-refractivity contribution < 1.29 is 13.2 Å². The molecule has 3 N–H and O–H groups in total. The van der Waals surface area contributed by atoms with E-state index in [2.05, 4.69) is 5.32 Å². The first-order valence-electron chi connectivity index (χ1n) is 4.98. The van der Waals surface area contributed by atoms with Gasteiger partial charge in [0, 0.05) is 12.1 Å². The summed E-state index contributed by atoms with van der Waals surface area (Å²) in [4.78, 5) is 0. The molecule has 0 unspecified atom stereocenters. The highest BCUT2D eigenvalue weighted by atomic mass is 19.4. The van der Waals surface area contributed by atoms with Crippen LogP contribution in [0.1, 0.15) is 32.6 Å². The predicted octanol–water partition coefficient (Wildman–Crippen LogP) is 1.80. The molecule has 1 aliphatic carbocycles. The minimum Gasteiger partial charge on any atom is -0.328 e. The molecule has 0 saturated heterocycles. The van der Waals surface area contributed by atoms with E-state index in [1.54, 1.807) is 0 Å². The molecule has 0 heterocycles. The Kier molecular flexibility index (Phi) is 3.78. The number of hydrogen-bond acceptors (Lipinski definition) is 2. The lowest BCUT2D eigenvalue weighted by Gasteiger charge is -2.30. The fourth-order valence-electron chi connectivity index (χ4n) is 1.73. The van der Waals surface area contributed by atoms with Crippen LogP contribution in [0.25, 0.3) is 0 Å². The first-order valence-corrected chi connectivity index (χ1v) is 4.98. The Hall–Kier alpha value is -0.290. The van der Waals surface area contributed by atoms with Gasteiger partial charge in [-0.15, -0.1) is 0 Å². The summed E-state index contributed by atoms with van der Waals surface area (Å²) in [6.45, 7) is 1.16. The van der Waals surface area contributed by atoms with Gasteiger partial charge in [-0.25, -0.2) is 0 Å². The first-order chi connectivity index (χ1) is 6.39. The summed E-state index contributed by atoms with van der Waals surface area (Å²) in [5.41, 5.74) is 5.66. The average molecular weight is 210 g/mol. The van der Waals surface area contributed by atoms with Crippen LogP contribution in [0.15, 0.2) is 0 Å². The lowest BCUT2D eigenvalue weighted by Crippen LogP contribution is -2.47. The van der Waals surface area contributed by atoms with Gasteiger partial charge < -0.3 is 11.1 Å². The van der Waals surface area contributed by atoms with Gasteiger partial charge >= 0.3 is 6.18 Å². The van der Waals surface area contributed by atoms with Gasteiger partial charge in [-0.1, -0.05) is 0 Å². The van der Waals surface area contributed by atoms with Gasteiger partial charge in [0.25, 0.3) is 0 Å². The topological polar surface area (TPSA) is 38.0 Å². The van der Waals surface area contributed by atoms with Gasteiger partial charge in [0.15, 0.2) is 0 Å². The van der Waals surface area contributed by atoms with E-state index in [0.29, 0.717) is 0 Å². The zero-order valence-corrected chi connectivity index (χ0v) is 8.27. The average Bonchev–Trinajstić information content (AvgIpc) is 2.07. The zero-order chi connectivity index (χ0) is 10.8. The van der Waals surface area contributed by atoms with Crippen LogP contribution < -0.4 is 11.1 Å². The third kappa shape index (κ3) is 3.46. The van der Waals surface area contributed by atoms with Crippen LogP contribution in [0.5, 0.6) is 0 Å². The number of rotatable bonds is 2. The second-order valence-electron chi connectivity index (χ2n) is 4.04. The minimum absolute atomic E-state index is 0.0218. The molecular formula is C9H17F3N2. The van der Waals surface area contributed by atoms with E-state index >= 15 is 0 Å². The predicted molar refractivity (Wildman–Crippen MR) is 48.9 cm³/mol. The minimum atomic E-state index is -4.14. The summed E-state index contributed by atoms with van der Waals surface area (Å²) in [5, 5.41) is 2.60. The molecule has 1 saturated carbocycles. The summed E-state index contributed by atoms with van der Waals surface area (Å²) in [6.07, 6.45) is -0.993. The van der Waals surface area contributed by atoms with Crippen LogP contribution >= 0.6 is 0 Å². The second-order valence-corrected chi connectivity index (χ2v) is 4.04. The third-order valence-electron chi connectivity index (χ3n) is 2.75. The molecule has 0 aromatic rings. The largest absolute Gasteiger partial charge is 0.403 e. The molecule has 0 radical (unpaired) electrons. The van der Waals surface area contributed by atoms with Crippen molar-refractivity contribution in [3.05, 3.63) is 0 Å². The van der Waals surface area contributed by atoms with E-state index in [0.717, 1.165) is 32.6 Å². The monoisotopic (exact) mass is 210 g/mol. The molecular weight excluding hydrogens is 193 g/mol. The standard InChI is InChI=1S/C9H17F3N2/c1-6(9(10,11)12)14-8-4-2-7(13)3-5-8/h6-8,14H,2-5,13H2,1H3/t6-,7?,8?/m1/s1. The van der Waals surface area contributed by atoms with Gasteiger partial charge in [-0.05, 0) is 32.6 Å². The number of hydrogen-bond donors (Lipinski definition) is 2. The van der Waals surface area contributed by atoms with Crippen LogP contribution in [0.4, 0.5) is 13.2 Å². The summed E-state index contributed by atoms with van der Waals surface area (Å²) in [5.74, 6) is 0. The maximum Gasteiger partial charge on any atom is 0.403 e. The van der Waals surface area contributed by atoms with Crippen molar-refractivity contribution in [3.63, 3.8) is 0 Å². The summed E-state index contributed by atoms with van der Waals surface area (Å²) in [7, 11) is 0. The molecule has 1 atom stereocenters. The van der Waals surface area contributed by atoms with Crippen molar-refractivity contribution in [2.24, 2.45) is 5.73 Å². The number of nitrogens with two attached hydrogens (primary N) is 1. The van der Waals surface area contributed by atoms with E-state index in [1.807, 2.05) is 0 Å². The van der Waals surface area contributed by atoms with E-state index in [-0.39, 0.29) is 12.1 Å². The molecule has 1 aliphatic rings. The lowest BCUT2D eigenvalue weighted by molar-refractivity contribution is -0.153. The first kappa shape index (κ1) is 11.8. The van der Waals surface area contributed by atoms with Crippen LogP contribution in [-0.4, -0.2) is 24.3 Å². The van der Waals surface area contributed by atoms with Gasteiger partial charge in [-0.2, -0.15) is 13.2 Å². The molecule has 0 aliphatic heterocycles. The molecule has 5 heteroatoms. The van der Waals surface area contributed by atoms with Crippen LogP contribution in [0.3, 0.4) is 0 Å². The Labute approximate surface area is 82.0 Å².